The zero-order chi connectivity index (χ0) is 11.7. The summed E-state index contributed by atoms with van der Waals surface area (Å²) in [5.41, 5.74) is 0. The zero-order valence-corrected chi connectivity index (χ0v) is 10.9. The minimum absolute atomic E-state index is 0.266. The molecular weight excluding hydrogens is 188 g/mol. The summed E-state index contributed by atoms with van der Waals surface area (Å²) < 4.78 is 0. The standard InChI is InChI=1S/C12H28N2O/c1-5-12(14(7-3)8-4)11-13(6-2)9-10-15/h12,15H,5-11H2,1-4H3. The summed E-state index contributed by atoms with van der Waals surface area (Å²) in [4.78, 5) is 4.83. The van der Waals surface area contributed by atoms with Gasteiger partial charge in [-0.3, -0.25) is 9.80 Å². The molecule has 1 unspecified atom stereocenters. The number of rotatable bonds is 9. The van der Waals surface area contributed by atoms with Crippen LogP contribution in [0.2, 0.25) is 0 Å². The van der Waals surface area contributed by atoms with Crippen molar-refractivity contribution in [1.82, 2.24) is 9.80 Å². The molecular formula is C12H28N2O. The van der Waals surface area contributed by atoms with Crippen LogP contribution in [0.15, 0.2) is 0 Å². The number of hydrogen-bond donors (Lipinski definition) is 1. The molecule has 0 heterocycles. The monoisotopic (exact) mass is 216 g/mol. The predicted molar refractivity (Wildman–Crippen MR) is 66.2 cm³/mol. The Morgan fingerprint density at radius 2 is 1.60 bits per heavy atom. The van der Waals surface area contributed by atoms with E-state index in [0.29, 0.717) is 6.04 Å². The molecule has 0 saturated carbocycles. The lowest BCUT2D eigenvalue weighted by molar-refractivity contribution is 0.130. The predicted octanol–water partition coefficient (Wildman–Crippen LogP) is 1.42. The fraction of sp³-hybridized carbons (Fsp3) is 1.00. The molecule has 0 aliphatic rings. The van der Waals surface area contributed by atoms with Crippen molar-refractivity contribution < 1.29 is 5.11 Å². The molecule has 0 fully saturated rings. The topological polar surface area (TPSA) is 26.7 Å². The number of likely N-dealkylation sites (N-methyl/N-ethyl adjacent to an activating group) is 2. The summed E-state index contributed by atoms with van der Waals surface area (Å²) in [6.45, 7) is 14.2. The first-order valence-corrected chi connectivity index (χ1v) is 6.30. The maximum absolute atomic E-state index is 8.95. The molecule has 0 aromatic carbocycles. The molecule has 1 atom stereocenters. The van der Waals surface area contributed by atoms with Crippen LogP contribution in [-0.4, -0.2) is 60.3 Å². The molecule has 92 valence electrons. The van der Waals surface area contributed by atoms with Gasteiger partial charge in [0.2, 0.25) is 0 Å². The molecule has 0 aliphatic heterocycles. The average molecular weight is 216 g/mol. The van der Waals surface area contributed by atoms with Crippen molar-refractivity contribution in [2.75, 3.05) is 39.3 Å². The van der Waals surface area contributed by atoms with E-state index in [-0.39, 0.29) is 6.61 Å². The van der Waals surface area contributed by atoms with Gasteiger partial charge in [-0.2, -0.15) is 0 Å². The molecule has 0 bridgehead atoms. The summed E-state index contributed by atoms with van der Waals surface area (Å²) in [6, 6.07) is 0.631. The van der Waals surface area contributed by atoms with E-state index >= 15 is 0 Å². The van der Waals surface area contributed by atoms with E-state index in [4.69, 9.17) is 5.11 Å². The molecule has 3 nitrogen and oxygen atoms in total. The summed E-state index contributed by atoms with van der Waals surface area (Å²) in [6.07, 6.45) is 1.18. The van der Waals surface area contributed by atoms with Gasteiger partial charge in [0.05, 0.1) is 6.61 Å². The molecule has 0 radical (unpaired) electrons. The van der Waals surface area contributed by atoms with Crippen molar-refractivity contribution in [3.05, 3.63) is 0 Å². The normalized spacial score (nSPS) is 13.8. The lowest BCUT2D eigenvalue weighted by atomic mass is 10.1. The number of hydrogen-bond acceptors (Lipinski definition) is 3. The Bertz CT molecular complexity index is 138. The van der Waals surface area contributed by atoms with Gasteiger partial charge < -0.3 is 5.11 Å². The maximum Gasteiger partial charge on any atom is 0.0558 e. The molecule has 0 spiro atoms. The van der Waals surface area contributed by atoms with Crippen molar-refractivity contribution in [1.29, 1.82) is 0 Å². The summed E-state index contributed by atoms with van der Waals surface area (Å²) in [7, 11) is 0. The highest BCUT2D eigenvalue weighted by atomic mass is 16.3. The molecule has 0 rings (SSSR count). The van der Waals surface area contributed by atoms with Crippen LogP contribution in [0.4, 0.5) is 0 Å². The third kappa shape index (κ3) is 5.50. The van der Waals surface area contributed by atoms with E-state index < -0.39 is 0 Å². The third-order valence-electron chi connectivity index (χ3n) is 3.13. The van der Waals surface area contributed by atoms with Crippen LogP contribution < -0.4 is 0 Å². The highest BCUT2D eigenvalue weighted by Crippen LogP contribution is 2.06. The minimum Gasteiger partial charge on any atom is -0.395 e. The van der Waals surface area contributed by atoms with E-state index in [9.17, 15) is 0 Å². The van der Waals surface area contributed by atoms with Crippen LogP contribution in [0, 0.1) is 0 Å². The van der Waals surface area contributed by atoms with Crippen LogP contribution in [-0.2, 0) is 0 Å². The SMILES string of the molecule is CCC(CN(CC)CCO)N(CC)CC. The van der Waals surface area contributed by atoms with E-state index in [2.05, 4.69) is 37.5 Å². The molecule has 0 aliphatic carbocycles. The average Bonchev–Trinajstić information content (AvgIpc) is 2.27. The van der Waals surface area contributed by atoms with Gasteiger partial charge in [0.15, 0.2) is 0 Å². The maximum atomic E-state index is 8.95. The molecule has 0 amide bonds. The Balaban J connectivity index is 4.14. The molecule has 15 heavy (non-hydrogen) atoms. The first-order valence-electron chi connectivity index (χ1n) is 6.30. The zero-order valence-electron chi connectivity index (χ0n) is 10.9. The van der Waals surface area contributed by atoms with Crippen LogP contribution in [0.5, 0.6) is 0 Å². The van der Waals surface area contributed by atoms with Gasteiger partial charge in [-0.25, -0.2) is 0 Å². The molecule has 0 aromatic heterocycles. The molecule has 0 saturated heterocycles. The van der Waals surface area contributed by atoms with Gasteiger partial charge in [-0.1, -0.05) is 27.7 Å². The lowest BCUT2D eigenvalue weighted by Crippen LogP contribution is -2.44. The van der Waals surface area contributed by atoms with Crippen LogP contribution in [0.1, 0.15) is 34.1 Å². The summed E-state index contributed by atoms with van der Waals surface area (Å²) in [5.74, 6) is 0. The quantitative estimate of drug-likeness (QED) is 0.631. The van der Waals surface area contributed by atoms with E-state index in [1.54, 1.807) is 0 Å². The van der Waals surface area contributed by atoms with E-state index in [0.717, 1.165) is 32.7 Å². The minimum atomic E-state index is 0.266. The highest BCUT2D eigenvalue weighted by molar-refractivity contribution is 4.72. The summed E-state index contributed by atoms with van der Waals surface area (Å²) in [5, 5.41) is 8.95. The lowest BCUT2D eigenvalue weighted by Gasteiger charge is -2.33. The second-order valence-corrected chi connectivity index (χ2v) is 3.90. The van der Waals surface area contributed by atoms with Gasteiger partial charge in [0.1, 0.15) is 0 Å². The number of aliphatic hydroxyl groups excluding tert-OH is 1. The Hall–Kier alpha value is -0.120. The van der Waals surface area contributed by atoms with Crippen molar-refractivity contribution in [2.45, 2.75) is 40.2 Å². The first kappa shape index (κ1) is 14.9. The highest BCUT2D eigenvalue weighted by Gasteiger charge is 2.16. The van der Waals surface area contributed by atoms with Crippen LogP contribution in [0.3, 0.4) is 0 Å². The van der Waals surface area contributed by atoms with Crippen LogP contribution in [0.25, 0.3) is 0 Å². The first-order chi connectivity index (χ1) is 7.23. The molecule has 3 heteroatoms. The summed E-state index contributed by atoms with van der Waals surface area (Å²) >= 11 is 0. The van der Waals surface area contributed by atoms with Crippen molar-refractivity contribution in [3.8, 4) is 0 Å². The van der Waals surface area contributed by atoms with Crippen LogP contribution >= 0.6 is 0 Å². The fourth-order valence-electron chi connectivity index (χ4n) is 2.06. The van der Waals surface area contributed by atoms with Gasteiger partial charge in [0.25, 0.3) is 0 Å². The fourth-order valence-corrected chi connectivity index (χ4v) is 2.06. The van der Waals surface area contributed by atoms with Crippen molar-refractivity contribution in [2.24, 2.45) is 0 Å². The van der Waals surface area contributed by atoms with Crippen molar-refractivity contribution >= 4 is 0 Å². The van der Waals surface area contributed by atoms with Gasteiger partial charge in [-0.05, 0) is 26.1 Å². The molecule has 1 N–H and O–H groups in total. The molecule has 0 aromatic rings. The second kappa shape index (κ2) is 9.13. The Kier molecular flexibility index (Phi) is 9.06. The smallest absolute Gasteiger partial charge is 0.0558 e. The van der Waals surface area contributed by atoms with Gasteiger partial charge in [0, 0.05) is 19.1 Å². The Labute approximate surface area is 95.1 Å². The Morgan fingerprint density at radius 1 is 1.00 bits per heavy atom. The Morgan fingerprint density at radius 3 is 1.93 bits per heavy atom. The number of aliphatic hydroxyl groups is 1. The van der Waals surface area contributed by atoms with Gasteiger partial charge in [-0.15, -0.1) is 0 Å². The number of nitrogens with zero attached hydrogens (tertiary/aromatic N) is 2. The van der Waals surface area contributed by atoms with E-state index in [1.807, 2.05) is 0 Å². The van der Waals surface area contributed by atoms with Gasteiger partial charge >= 0.3 is 0 Å². The second-order valence-electron chi connectivity index (χ2n) is 3.90. The van der Waals surface area contributed by atoms with Crippen molar-refractivity contribution in [3.63, 3.8) is 0 Å². The van der Waals surface area contributed by atoms with E-state index in [1.165, 1.54) is 6.42 Å². The third-order valence-corrected chi connectivity index (χ3v) is 3.13. The largest absolute Gasteiger partial charge is 0.395 e.